The first-order chi connectivity index (χ1) is 11.8. The lowest BCUT2D eigenvalue weighted by Gasteiger charge is -2.30. The zero-order valence-electron chi connectivity index (χ0n) is 14.1. The van der Waals surface area contributed by atoms with E-state index in [9.17, 15) is 4.79 Å². The highest BCUT2D eigenvalue weighted by molar-refractivity contribution is 5.81. The summed E-state index contributed by atoms with van der Waals surface area (Å²) < 4.78 is 0. The van der Waals surface area contributed by atoms with Crippen LogP contribution in [0.25, 0.3) is 0 Å². The fourth-order valence-corrected chi connectivity index (χ4v) is 4.60. The first-order valence-electron chi connectivity index (χ1n) is 9.11. The van der Waals surface area contributed by atoms with Crippen molar-refractivity contribution in [3.8, 4) is 0 Å². The largest absolute Gasteiger partial charge is 0.300 e. The van der Waals surface area contributed by atoms with Crippen LogP contribution in [0, 0.1) is 11.8 Å². The summed E-state index contributed by atoms with van der Waals surface area (Å²) >= 11 is 0. The van der Waals surface area contributed by atoms with Gasteiger partial charge in [0.1, 0.15) is 5.78 Å². The van der Waals surface area contributed by atoms with E-state index in [2.05, 4.69) is 65.6 Å². The zero-order valence-corrected chi connectivity index (χ0v) is 14.1. The molecule has 2 fully saturated rings. The smallest absolute Gasteiger partial charge is 0.133 e. The van der Waals surface area contributed by atoms with Crippen molar-refractivity contribution >= 4 is 5.78 Å². The van der Waals surface area contributed by atoms with Crippen LogP contribution in [0.5, 0.6) is 0 Å². The molecule has 4 rings (SSSR count). The number of rotatable bonds is 5. The van der Waals surface area contributed by atoms with E-state index in [-0.39, 0.29) is 0 Å². The molecule has 2 aliphatic rings. The van der Waals surface area contributed by atoms with Crippen molar-refractivity contribution in [3.63, 3.8) is 0 Å². The van der Waals surface area contributed by atoms with Crippen LogP contribution in [0.2, 0.25) is 0 Å². The Morgan fingerprint density at radius 3 is 1.67 bits per heavy atom. The molecule has 0 bridgehead atoms. The SMILES string of the molecule is O=C1C[C@@H]2CC(N(Cc3ccccc3)Cc3ccccc3)C[C@@H]2C1. The molecule has 2 saturated carbocycles. The van der Waals surface area contributed by atoms with Gasteiger partial charge in [0.25, 0.3) is 0 Å². The van der Waals surface area contributed by atoms with E-state index in [1.807, 2.05) is 0 Å². The molecule has 1 unspecified atom stereocenters. The molecule has 0 amide bonds. The quantitative estimate of drug-likeness (QED) is 0.811. The lowest BCUT2D eigenvalue weighted by atomic mass is 10.0. The number of hydrogen-bond acceptors (Lipinski definition) is 2. The molecule has 0 radical (unpaired) electrons. The Hall–Kier alpha value is -1.93. The molecule has 0 saturated heterocycles. The molecule has 2 aliphatic carbocycles. The summed E-state index contributed by atoms with van der Waals surface area (Å²) in [5.41, 5.74) is 2.75. The second kappa shape index (κ2) is 6.90. The van der Waals surface area contributed by atoms with Crippen LogP contribution in [-0.2, 0) is 17.9 Å². The van der Waals surface area contributed by atoms with Gasteiger partial charge in [0, 0.05) is 32.0 Å². The van der Waals surface area contributed by atoms with Gasteiger partial charge in [-0.2, -0.15) is 0 Å². The molecule has 0 aromatic heterocycles. The van der Waals surface area contributed by atoms with Gasteiger partial charge in [-0.15, -0.1) is 0 Å². The molecule has 3 atom stereocenters. The highest BCUT2D eigenvalue weighted by Gasteiger charge is 2.42. The number of carbonyl (C=O) groups is 1. The molecule has 124 valence electrons. The molecule has 2 heteroatoms. The van der Waals surface area contributed by atoms with E-state index >= 15 is 0 Å². The third-order valence-electron chi connectivity index (χ3n) is 5.77. The lowest BCUT2D eigenvalue weighted by Crippen LogP contribution is -2.33. The Morgan fingerprint density at radius 2 is 1.21 bits per heavy atom. The predicted octanol–water partition coefficient (Wildman–Crippen LogP) is 4.45. The van der Waals surface area contributed by atoms with Crippen LogP contribution in [0.15, 0.2) is 60.7 Å². The van der Waals surface area contributed by atoms with Crippen molar-refractivity contribution in [1.29, 1.82) is 0 Å². The maximum atomic E-state index is 11.7. The van der Waals surface area contributed by atoms with Crippen molar-refractivity contribution in [2.75, 3.05) is 0 Å². The minimum absolute atomic E-state index is 0.487. The van der Waals surface area contributed by atoms with Crippen molar-refractivity contribution < 1.29 is 4.79 Å². The van der Waals surface area contributed by atoms with Crippen molar-refractivity contribution in [2.45, 2.75) is 44.8 Å². The van der Waals surface area contributed by atoms with Crippen molar-refractivity contribution in [3.05, 3.63) is 71.8 Å². The highest BCUT2D eigenvalue weighted by Crippen LogP contribution is 2.44. The van der Waals surface area contributed by atoms with Crippen LogP contribution >= 0.6 is 0 Å². The van der Waals surface area contributed by atoms with Gasteiger partial charge in [0.05, 0.1) is 0 Å². The second-order valence-corrected chi connectivity index (χ2v) is 7.47. The van der Waals surface area contributed by atoms with Crippen LogP contribution in [0.1, 0.15) is 36.8 Å². The molecular weight excluding hydrogens is 294 g/mol. The summed E-state index contributed by atoms with van der Waals surface area (Å²) in [4.78, 5) is 14.3. The number of nitrogens with zero attached hydrogens (tertiary/aromatic N) is 1. The number of benzene rings is 2. The number of ketones is 1. The van der Waals surface area contributed by atoms with E-state index in [0.29, 0.717) is 23.7 Å². The maximum absolute atomic E-state index is 11.7. The predicted molar refractivity (Wildman–Crippen MR) is 96.4 cm³/mol. The maximum Gasteiger partial charge on any atom is 0.133 e. The van der Waals surface area contributed by atoms with E-state index in [1.54, 1.807) is 0 Å². The van der Waals surface area contributed by atoms with Gasteiger partial charge in [-0.05, 0) is 35.8 Å². The minimum atomic E-state index is 0.487. The van der Waals surface area contributed by atoms with Gasteiger partial charge in [-0.3, -0.25) is 9.69 Å². The zero-order chi connectivity index (χ0) is 16.4. The van der Waals surface area contributed by atoms with E-state index in [4.69, 9.17) is 0 Å². The Kier molecular flexibility index (Phi) is 4.48. The summed E-state index contributed by atoms with van der Waals surface area (Å²) in [6, 6.07) is 22.1. The number of fused-ring (bicyclic) bond motifs is 1. The van der Waals surface area contributed by atoms with Crippen LogP contribution in [0.3, 0.4) is 0 Å². The number of hydrogen-bond donors (Lipinski definition) is 0. The molecule has 0 N–H and O–H groups in total. The normalized spacial score (nSPS) is 26.0. The molecular formula is C22H25NO. The average molecular weight is 319 g/mol. The van der Waals surface area contributed by atoms with Crippen LogP contribution in [0.4, 0.5) is 0 Å². The standard InChI is InChI=1S/C22H25NO/c24-22-13-19-11-21(12-20(19)14-22)23(15-17-7-3-1-4-8-17)16-18-9-5-2-6-10-18/h1-10,19-21H,11-16H2/t19-,20+,21?. The Morgan fingerprint density at radius 1 is 0.750 bits per heavy atom. The first-order valence-corrected chi connectivity index (χ1v) is 9.11. The third-order valence-corrected chi connectivity index (χ3v) is 5.77. The average Bonchev–Trinajstić information content (AvgIpc) is 3.13. The molecule has 2 nitrogen and oxygen atoms in total. The molecule has 2 aromatic rings. The minimum Gasteiger partial charge on any atom is -0.300 e. The van der Waals surface area contributed by atoms with Gasteiger partial charge in [0.15, 0.2) is 0 Å². The summed E-state index contributed by atoms with van der Waals surface area (Å²) in [7, 11) is 0. The van der Waals surface area contributed by atoms with Gasteiger partial charge >= 0.3 is 0 Å². The summed E-state index contributed by atoms with van der Waals surface area (Å²) in [5, 5.41) is 0. The number of Topliss-reactive ketones (excluding diaryl/α,β-unsaturated/α-hetero) is 1. The fraction of sp³-hybridized carbons (Fsp3) is 0.409. The third kappa shape index (κ3) is 3.44. The molecule has 2 aromatic carbocycles. The Balaban J connectivity index is 1.51. The summed E-state index contributed by atoms with van der Waals surface area (Å²) in [6.45, 7) is 1.99. The first kappa shape index (κ1) is 15.6. The highest BCUT2D eigenvalue weighted by atomic mass is 16.1. The lowest BCUT2D eigenvalue weighted by molar-refractivity contribution is -0.117. The van der Waals surface area contributed by atoms with Gasteiger partial charge in [-0.1, -0.05) is 60.7 Å². The van der Waals surface area contributed by atoms with Gasteiger partial charge < -0.3 is 0 Å². The van der Waals surface area contributed by atoms with Crippen molar-refractivity contribution in [2.24, 2.45) is 11.8 Å². The summed E-state index contributed by atoms with van der Waals surface area (Å²) in [6.07, 6.45) is 4.03. The Labute approximate surface area is 144 Å². The van der Waals surface area contributed by atoms with Gasteiger partial charge in [-0.25, -0.2) is 0 Å². The second-order valence-electron chi connectivity index (χ2n) is 7.47. The molecule has 0 aliphatic heterocycles. The fourth-order valence-electron chi connectivity index (χ4n) is 4.60. The van der Waals surface area contributed by atoms with Gasteiger partial charge in [0.2, 0.25) is 0 Å². The van der Waals surface area contributed by atoms with E-state index in [1.165, 1.54) is 24.0 Å². The monoisotopic (exact) mass is 319 g/mol. The van der Waals surface area contributed by atoms with Crippen LogP contribution in [-0.4, -0.2) is 16.7 Å². The molecule has 24 heavy (non-hydrogen) atoms. The molecule has 0 heterocycles. The van der Waals surface area contributed by atoms with E-state index < -0.39 is 0 Å². The molecule has 0 spiro atoms. The Bertz CT molecular complexity index is 624. The summed E-state index contributed by atoms with van der Waals surface area (Å²) in [5.74, 6) is 1.76. The van der Waals surface area contributed by atoms with Crippen molar-refractivity contribution in [1.82, 2.24) is 4.90 Å². The van der Waals surface area contributed by atoms with E-state index in [0.717, 1.165) is 25.9 Å². The number of carbonyl (C=O) groups excluding carboxylic acids is 1. The van der Waals surface area contributed by atoms with Crippen LogP contribution < -0.4 is 0 Å². The topological polar surface area (TPSA) is 20.3 Å².